The average Bonchev–Trinajstić information content (AvgIpc) is 2.69. The Morgan fingerprint density at radius 3 is 2.81 bits per heavy atom. The molecule has 0 aliphatic carbocycles. The molecule has 2 aromatic rings. The number of hydrogen-bond acceptors (Lipinski definition) is 7. The molecule has 1 atom stereocenters. The number of nitrogens with zero attached hydrogens (tertiary/aromatic N) is 5. The molecule has 0 spiro atoms. The highest BCUT2D eigenvalue weighted by Crippen LogP contribution is 2.33. The van der Waals surface area contributed by atoms with E-state index >= 15 is 0 Å². The number of hydrogen-bond donors (Lipinski definition) is 1. The van der Waals surface area contributed by atoms with Gasteiger partial charge in [0.1, 0.15) is 17.5 Å². The van der Waals surface area contributed by atoms with Gasteiger partial charge in [0, 0.05) is 38.2 Å². The maximum absolute atomic E-state index is 5.53. The third-order valence-corrected chi connectivity index (χ3v) is 5.47. The maximum atomic E-state index is 5.53. The minimum absolute atomic E-state index is 0.366. The van der Waals surface area contributed by atoms with Crippen molar-refractivity contribution in [3.63, 3.8) is 0 Å². The van der Waals surface area contributed by atoms with Crippen molar-refractivity contribution in [2.24, 2.45) is 5.92 Å². The summed E-state index contributed by atoms with van der Waals surface area (Å²) in [5.74, 6) is 3.01. The van der Waals surface area contributed by atoms with Crippen LogP contribution in [0.5, 0.6) is 0 Å². The monoisotopic (exact) mass is 368 g/mol. The van der Waals surface area contributed by atoms with Gasteiger partial charge >= 0.3 is 0 Å². The molecule has 2 fully saturated rings. The van der Waals surface area contributed by atoms with E-state index < -0.39 is 0 Å². The molecule has 7 heteroatoms. The molecule has 144 valence electrons. The van der Waals surface area contributed by atoms with Crippen molar-refractivity contribution in [1.29, 1.82) is 0 Å². The van der Waals surface area contributed by atoms with Crippen molar-refractivity contribution < 1.29 is 4.74 Å². The molecule has 0 aromatic carbocycles. The predicted octanol–water partition coefficient (Wildman–Crippen LogP) is 3.27. The second-order valence-electron chi connectivity index (χ2n) is 7.50. The molecule has 0 amide bonds. The summed E-state index contributed by atoms with van der Waals surface area (Å²) in [6.07, 6.45) is 11.1. The highest BCUT2D eigenvalue weighted by molar-refractivity contribution is 5.50. The van der Waals surface area contributed by atoms with Gasteiger partial charge < -0.3 is 10.1 Å². The number of anilines is 2. The number of ether oxygens (including phenoxy) is 1. The van der Waals surface area contributed by atoms with Crippen LogP contribution in [0.2, 0.25) is 0 Å². The highest BCUT2D eigenvalue weighted by atomic mass is 16.5. The van der Waals surface area contributed by atoms with E-state index in [0.717, 1.165) is 56.0 Å². The van der Waals surface area contributed by atoms with Crippen LogP contribution in [0, 0.1) is 12.8 Å². The van der Waals surface area contributed by atoms with Crippen LogP contribution in [0.4, 0.5) is 11.6 Å². The first-order valence-corrected chi connectivity index (χ1v) is 9.98. The van der Waals surface area contributed by atoms with Crippen LogP contribution in [0.1, 0.15) is 49.7 Å². The van der Waals surface area contributed by atoms with E-state index in [1.807, 2.05) is 6.92 Å². The Kier molecular flexibility index (Phi) is 5.89. The molecular formula is C20H28N6O. The Morgan fingerprint density at radius 2 is 2.00 bits per heavy atom. The topological polar surface area (TPSA) is 76.1 Å². The Bertz CT molecular complexity index is 735. The molecule has 27 heavy (non-hydrogen) atoms. The van der Waals surface area contributed by atoms with Crippen LogP contribution in [-0.4, -0.2) is 51.1 Å². The van der Waals surface area contributed by atoms with Crippen LogP contribution in [0.25, 0.3) is 0 Å². The van der Waals surface area contributed by atoms with Crippen molar-refractivity contribution >= 4 is 11.6 Å². The summed E-state index contributed by atoms with van der Waals surface area (Å²) in [6.45, 7) is 6.06. The zero-order chi connectivity index (χ0) is 18.5. The lowest BCUT2D eigenvalue weighted by Gasteiger charge is -2.38. The predicted molar refractivity (Wildman–Crippen MR) is 104 cm³/mol. The van der Waals surface area contributed by atoms with E-state index in [1.54, 1.807) is 18.6 Å². The number of aryl methyl sites for hydroxylation is 1. The quantitative estimate of drug-likeness (QED) is 0.868. The van der Waals surface area contributed by atoms with Gasteiger partial charge in [0.05, 0.1) is 17.9 Å². The second-order valence-corrected chi connectivity index (χ2v) is 7.50. The fourth-order valence-electron chi connectivity index (χ4n) is 4.13. The van der Waals surface area contributed by atoms with Crippen molar-refractivity contribution in [3.8, 4) is 0 Å². The molecule has 0 saturated carbocycles. The summed E-state index contributed by atoms with van der Waals surface area (Å²) < 4.78 is 5.53. The zero-order valence-corrected chi connectivity index (χ0v) is 16.0. The van der Waals surface area contributed by atoms with Crippen LogP contribution >= 0.6 is 0 Å². The van der Waals surface area contributed by atoms with Gasteiger partial charge in [-0.1, -0.05) is 6.42 Å². The van der Waals surface area contributed by atoms with E-state index in [-0.39, 0.29) is 0 Å². The lowest BCUT2D eigenvalue weighted by atomic mass is 9.94. The standard InChI is InChI=1S/C20H28N6O/c1-15-23-17(12-19(24-15)25-20-13-21-7-8-22-20)18-4-2-3-9-26(18)14-16-5-10-27-11-6-16/h7-8,12-13,16,18H,2-6,9-11,14H2,1H3,(H,22,23,24,25). The molecule has 2 aliphatic heterocycles. The van der Waals surface area contributed by atoms with Crippen molar-refractivity contribution in [1.82, 2.24) is 24.8 Å². The van der Waals surface area contributed by atoms with Crippen LogP contribution in [0.15, 0.2) is 24.7 Å². The molecule has 1 unspecified atom stereocenters. The first-order chi connectivity index (χ1) is 13.3. The van der Waals surface area contributed by atoms with Gasteiger partial charge in [-0.3, -0.25) is 9.88 Å². The van der Waals surface area contributed by atoms with Crippen LogP contribution in [-0.2, 0) is 4.74 Å². The molecule has 2 aliphatic rings. The lowest BCUT2D eigenvalue weighted by molar-refractivity contribution is 0.0376. The summed E-state index contributed by atoms with van der Waals surface area (Å²) in [5, 5.41) is 3.26. The Balaban J connectivity index is 1.52. The second kappa shape index (κ2) is 8.71. The van der Waals surface area contributed by atoms with Crippen molar-refractivity contribution in [2.45, 2.75) is 45.1 Å². The molecule has 4 heterocycles. The minimum Gasteiger partial charge on any atom is -0.381 e. The first kappa shape index (κ1) is 18.3. The number of aromatic nitrogens is 4. The van der Waals surface area contributed by atoms with Gasteiger partial charge in [-0.2, -0.15) is 0 Å². The molecule has 4 rings (SSSR count). The average molecular weight is 368 g/mol. The summed E-state index contributed by atoms with van der Waals surface area (Å²) >= 11 is 0. The van der Waals surface area contributed by atoms with Gasteiger partial charge in [0.15, 0.2) is 0 Å². The van der Waals surface area contributed by atoms with Gasteiger partial charge in [-0.25, -0.2) is 15.0 Å². The van der Waals surface area contributed by atoms with E-state index in [2.05, 4.69) is 31.2 Å². The minimum atomic E-state index is 0.366. The maximum Gasteiger partial charge on any atom is 0.150 e. The van der Waals surface area contributed by atoms with Crippen molar-refractivity contribution in [2.75, 3.05) is 31.6 Å². The van der Waals surface area contributed by atoms with Gasteiger partial charge in [-0.15, -0.1) is 0 Å². The summed E-state index contributed by atoms with van der Waals surface area (Å²) in [7, 11) is 0. The van der Waals surface area contributed by atoms with Gasteiger partial charge in [-0.05, 0) is 45.1 Å². The molecular weight excluding hydrogens is 340 g/mol. The Hall–Kier alpha value is -2.12. The largest absolute Gasteiger partial charge is 0.381 e. The van der Waals surface area contributed by atoms with Gasteiger partial charge in [0.2, 0.25) is 0 Å². The third-order valence-electron chi connectivity index (χ3n) is 5.47. The normalized spacial score (nSPS) is 21.9. The Morgan fingerprint density at radius 1 is 1.11 bits per heavy atom. The van der Waals surface area contributed by atoms with Gasteiger partial charge in [0.25, 0.3) is 0 Å². The number of nitrogens with one attached hydrogen (secondary N) is 1. The van der Waals surface area contributed by atoms with E-state index in [1.165, 1.54) is 25.7 Å². The molecule has 2 aromatic heterocycles. The molecule has 0 radical (unpaired) electrons. The summed E-state index contributed by atoms with van der Waals surface area (Å²) in [5.41, 5.74) is 1.11. The Labute approximate surface area is 160 Å². The zero-order valence-electron chi connectivity index (χ0n) is 16.0. The van der Waals surface area contributed by atoms with E-state index in [0.29, 0.717) is 11.9 Å². The molecule has 0 bridgehead atoms. The smallest absolute Gasteiger partial charge is 0.150 e. The number of piperidine rings is 1. The van der Waals surface area contributed by atoms with Crippen LogP contribution in [0.3, 0.4) is 0 Å². The molecule has 1 N–H and O–H groups in total. The lowest BCUT2D eigenvalue weighted by Crippen LogP contribution is -2.39. The fraction of sp³-hybridized carbons (Fsp3) is 0.600. The highest BCUT2D eigenvalue weighted by Gasteiger charge is 2.28. The van der Waals surface area contributed by atoms with E-state index in [4.69, 9.17) is 9.72 Å². The van der Waals surface area contributed by atoms with E-state index in [9.17, 15) is 0 Å². The molecule has 2 saturated heterocycles. The number of rotatable bonds is 5. The van der Waals surface area contributed by atoms with Crippen LogP contribution < -0.4 is 5.32 Å². The fourth-order valence-corrected chi connectivity index (χ4v) is 4.13. The first-order valence-electron chi connectivity index (χ1n) is 9.98. The van der Waals surface area contributed by atoms with Crippen molar-refractivity contribution in [3.05, 3.63) is 36.2 Å². The SMILES string of the molecule is Cc1nc(Nc2cnccn2)cc(C2CCCCN2CC2CCOCC2)n1. The molecule has 7 nitrogen and oxygen atoms in total. The third kappa shape index (κ3) is 4.78. The number of likely N-dealkylation sites (tertiary alicyclic amines) is 1. The summed E-state index contributed by atoms with van der Waals surface area (Å²) in [6, 6.07) is 2.44. The summed E-state index contributed by atoms with van der Waals surface area (Å²) in [4.78, 5) is 20.3.